The number of aromatic hydroxyl groups is 1. The van der Waals surface area contributed by atoms with Crippen molar-refractivity contribution in [2.45, 2.75) is 70.6 Å². The van der Waals surface area contributed by atoms with Gasteiger partial charge in [0.1, 0.15) is 29.9 Å². The molecule has 1 aliphatic rings. The van der Waals surface area contributed by atoms with Crippen LogP contribution >= 0.6 is 0 Å². The highest BCUT2D eigenvalue weighted by Gasteiger charge is 2.32. The molecule has 0 aliphatic carbocycles. The normalized spacial score (nSPS) is 24.2. The molecule has 12 heteroatoms. The molecule has 1 heterocycles. The third-order valence-electron chi connectivity index (χ3n) is 6.03. The molecule has 1 fully saturated rings. The number of unbranched alkanes of at least 4 members (excludes halogenated alkanes) is 1. The number of hydrogen-bond donors (Lipinski definition) is 7. The maximum Gasteiger partial charge on any atom is 0.243 e. The van der Waals surface area contributed by atoms with Gasteiger partial charge < -0.3 is 37.4 Å². The van der Waals surface area contributed by atoms with Gasteiger partial charge in [-0.3, -0.25) is 24.0 Å². The number of hydrogen-bond acceptors (Lipinski definition) is 7. The Morgan fingerprint density at radius 1 is 0.865 bits per heavy atom. The summed E-state index contributed by atoms with van der Waals surface area (Å²) in [5, 5.41) is 22.6. The smallest absolute Gasteiger partial charge is 0.243 e. The second-order valence-corrected chi connectivity index (χ2v) is 9.51. The molecule has 0 bridgehead atoms. The monoisotopic (exact) mass is 518 g/mol. The summed E-state index contributed by atoms with van der Waals surface area (Å²) in [6.45, 7) is 4.98. The van der Waals surface area contributed by atoms with Crippen LogP contribution in [0, 0.1) is 5.92 Å². The van der Waals surface area contributed by atoms with E-state index in [1.807, 2.05) is 0 Å². The molecule has 0 spiro atoms. The van der Waals surface area contributed by atoms with Crippen molar-refractivity contribution in [1.82, 2.24) is 26.6 Å². The Balaban J connectivity index is 2.40. The van der Waals surface area contributed by atoms with Crippen molar-refractivity contribution in [1.29, 1.82) is 0 Å². The second kappa shape index (κ2) is 14.2. The van der Waals surface area contributed by atoms with E-state index < -0.39 is 53.7 Å². The van der Waals surface area contributed by atoms with Crippen LogP contribution in [-0.4, -0.2) is 71.9 Å². The van der Waals surface area contributed by atoms with Crippen LogP contribution in [0.1, 0.15) is 45.6 Å². The lowest BCUT2D eigenvalue weighted by Crippen LogP contribution is -2.58. The van der Waals surface area contributed by atoms with E-state index in [1.165, 1.54) is 19.1 Å². The molecule has 1 saturated heterocycles. The molecule has 12 nitrogen and oxygen atoms in total. The Bertz CT molecular complexity index is 967. The first kappa shape index (κ1) is 29.6. The molecular weight excluding hydrogens is 480 g/mol. The first-order chi connectivity index (χ1) is 17.5. The van der Waals surface area contributed by atoms with Gasteiger partial charge in [0.2, 0.25) is 29.5 Å². The molecule has 1 aromatic rings. The van der Waals surface area contributed by atoms with Gasteiger partial charge >= 0.3 is 0 Å². The Morgan fingerprint density at radius 2 is 1.49 bits per heavy atom. The van der Waals surface area contributed by atoms with Crippen molar-refractivity contribution in [3.63, 3.8) is 0 Å². The van der Waals surface area contributed by atoms with Gasteiger partial charge in [-0.05, 0) is 56.3 Å². The predicted octanol–water partition coefficient (Wildman–Crippen LogP) is -1.19. The Labute approximate surface area is 216 Å². The van der Waals surface area contributed by atoms with Crippen molar-refractivity contribution >= 4 is 29.5 Å². The number of carbonyl (C=O) groups excluding carboxylic acids is 5. The number of phenolic OH excluding ortho intramolecular Hbond substituents is 1. The summed E-state index contributed by atoms with van der Waals surface area (Å²) in [5.74, 6) is -3.19. The number of carbonyl (C=O) groups is 5. The van der Waals surface area contributed by atoms with E-state index in [2.05, 4.69) is 26.6 Å². The Hall–Kier alpha value is -3.67. The van der Waals surface area contributed by atoms with E-state index >= 15 is 0 Å². The third kappa shape index (κ3) is 9.37. The van der Waals surface area contributed by atoms with Crippen LogP contribution in [0.3, 0.4) is 0 Å². The van der Waals surface area contributed by atoms with Crippen LogP contribution in [0.15, 0.2) is 24.3 Å². The molecule has 0 radical (unpaired) electrons. The molecule has 1 aliphatic heterocycles. The minimum atomic E-state index is -1.08. The predicted molar refractivity (Wildman–Crippen MR) is 136 cm³/mol. The number of benzene rings is 1. The van der Waals surface area contributed by atoms with Crippen molar-refractivity contribution in [3.05, 3.63) is 29.8 Å². The molecule has 4 atom stereocenters. The Kier molecular flexibility index (Phi) is 11.3. The molecule has 37 heavy (non-hydrogen) atoms. The van der Waals surface area contributed by atoms with Gasteiger partial charge in [-0.15, -0.1) is 0 Å². The van der Waals surface area contributed by atoms with Crippen LogP contribution in [0.4, 0.5) is 0 Å². The topological polar surface area (TPSA) is 192 Å². The summed E-state index contributed by atoms with van der Waals surface area (Å²) >= 11 is 0. The fraction of sp³-hybridized carbons (Fsp3) is 0.560. The van der Waals surface area contributed by atoms with Crippen molar-refractivity contribution in [2.75, 3.05) is 13.1 Å². The maximum atomic E-state index is 13.3. The van der Waals surface area contributed by atoms with Crippen LogP contribution < -0.4 is 32.3 Å². The van der Waals surface area contributed by atoms with Gasteiger partial charge in [-0.2, -0.15) is 0 Å². The van der Waals surface area contributed by atoms with Gasteiger partial charge in [0.25, 0.3) is 0 Å². The zero-order chi connectivity index (χ0) is 27.5. The molecule has 1 aromatic carbocycles. The van der Waals surface area contributed by atoms with Crippen molar-refractivity contribution in [2.24, 2.45) is 11.7 Å². The standard InChI is InChI=1S/C25H38N6O6/c1-14(2)21-25(37)27-13-20(33)28-15(3)22(34)29-18(6-4-5-11-26)23(35)30-19(24(36)31-21)12-16-7-9-17(32)10-8-16/h7-10,14-15,18-19,21,32H,4-6,11-13,26H2,1-3H3,(H,27,37)(H,28,33)(H,29,34)(H,30,35)(H,31,36)/t15-,18-,19-,21-/m0/s1. The summed E-state index contributed by atoms with van der Waals surface area (Å²) < 4.78 is 0. The lowest BCUT2D eigenvalue weighted by Gasteiger charge is -2.26. The first-order valence-electron chi connectivity index (χ1n) is 12.5. The summed E-state index contributed by atoms with van der Waals surface area (Å²) in [4.78, 5) is 64.5. The molecule has 0 saturated carbocycles. The number of nitrogens with two attached hydrogens (primary N) is 1. The lowest BCUT2D eigenvalue weighted by atomic mass is 10.00. The molecule has 0 aromatic heterocycles. The number of nitrogens with one attached hydrogen (secondary N) is 5. The fourth-order valence-electron chi connectivity index (χ4n) is 3.83. The molecular formula is C25H38N6O6. The van der Waals surface area contributed by atoms with E-state index in [0.29, 0.717) is 24.9 Å². The second-order valence-electron chi connectivity index (χ2n) is 9.51. The van der Waals surface area contributed by atoms with Crippen LogP contribution in [0.2, 0.25) is 0 Å². The number of phenols is 1. The van der Waals surface area contributed by atoms with Crippen LogP contribution in [0.5, 0.6) is 5.75 Å². The summed E-state index contributed by atoms with van der Waals surface area (Å²) in [7, 11) is 0. The van der Waals surface area contributed by atoms with Crippen LogP contribution in [0.25, 0.3) is 0 Å². The minimum absolute atomic E-state index is 0.0517. The quantitative estimate of drug-likeness (QED) is 0.221. The number of rotatable bonds is 7. The minimum Gasteiger partial charge on any atom is -0.508 e. The van der Waals surface area contributed by atoms with E-state index in [1.54, 1.807) is 26.0 Å². The van der Waals surface area contributed by atoms with Gasteiger partial charge in [-0.25, -0.2) is 0 Å². The highest BCUT2D eigenvalue weighted by atomic mass is 16.3. The molecule has 0 unspecified atom stereocenters. The third-order valence-corrected chi connectivity index (χ3v) is 6.03. The zero-order valence-corrected chi connectivity index (χ0v) is 21.5. The largest absolute Gasteiger partial charge is 0.508 e. The SMILES string of the molecule is CC(C)[C@@H]1NC(=O)[C@H](Cc2ccc(O)cc2)NC(=O)[C@H](CCCCN)NC(=O)[C@H](C)NC(=O)CNC1=O. The molecule has 8 N–H and O–H groups in total. The summed E-state index contributed by atoms with van der Waals surface area (Å²) in [6, 6.07) is 2.18. The van der Waals surface area contributed by atoms with Gasteiger partial charge in [0, 0.05) is 6.42 Å². The molecule has 5 amide bonds. The average Bonchev–Trinajstić information content (AvgIpc) is 2.85. The van der Waals surface area contributed by atoms with E-state index in [4.69, 9.17) is 5.73 Å². The maximum absolute atomic E-state index is 13.3. The highest BCUT2D eigenvalue weighted by Crippen LogP contribution is 2.13. The molecule has 2 rings (SSSR count). The lowest BCUT2D eigenvalue weighted by molar-refractivity contribution is -0.134. The van der Waals surface area contributed by atoms with E-state index in [9.17, 15) is 29.1 Å². The van der Waals surface area contributed by atoms with Gasteiger partial charge in [0.05, 0.1) is 6.54 Å². The Morgan fingerprint density at radius 3 is 2.11 bits per heavy atom. The van der Waals surface area contributed by atoms with Crippen LogP contribution in [-0.2, 0) is 30.4 Å². The highest BCUT2D eigenvalue weighted by molar-refractivity contribution is 5.97. The van der Waals surface area contributed by atoms with Crippen molar-refractivity contribution < 1.29 is 29.1 Å². The summed E-state index contributed by atoms with van der Waals surface area (Å²) in [5.41, 5.74) is 6.24. The zero-order valence-electron chi connectivity index (χ0n) is 21.5. The van der Waals surface area contributed by atoms with E-state index in [0.717, 1.165) is 0 Å². The van der Waals surface area contributed by atoms with E-state index in [-0.39, 0.29) is 31.1 Å². The van der Waals surface area contributed by atoms with Crippen molar-refractivity contribution in [3.8, 4) is 5.75 Å². The molecule has 204 valence electrons. The number of amides is 5. The summed E-state index contributed by atoms with van der Waals surface area (Å²) in [6.07, 6.45) is 1.54. The first-order valence-corrected chi connectivity index (χ1v) is 12.5. The van der Waals surface area contributed by atoms with Gasteiger partial charge in [0.15, 0.2) is 0 Å². The average molecular weight is 519 g/mol. The fourth-order valence-corrected chi connectivity index (χ4v) is 3.83. The van der Waals surface area contributed by atoms with Gasteiger partial charge in [-0.1, -0.05) is 26.0 Å².